The second-order valence-electron chi connectivity index (χ2n) is 6.78. The zero-order chi connectivity index (χ0) is 17.5. The van der Waals surface area contributed by atoms with Crippen LogP contribution >= 0.6 is 0 Å². The molecule has 0 heterocycles. The Morgan fingerprint density at radius 3 is 2.46 bits per heavy atom. The van der Waals surface area contributed by atoms with Gasteiger partial charge in [0.2, 0.25) is 5.91 Å². The van der Waals surface area contributed by atoms with E-state index in [0.717, 1.165) is 25.8 Å². The number of hydrogen-bond donors (Lipinski definition) is 1. The quantitative estimate of drug-likeness (QED) is 0.834. The first-order valence-electron chi connectivity index (χ1n) is 9.16. The smallest absolute Gasteiger partial charge is 0.226 e. The summed E-state index contributed by atoms with van der Waals surface area (Å²) >= 11 is 0. The van der Waals surface area contributed by atoms with Gasteiger partial charge in [0.05, 0.1) is 12.2 Å². The molecule has 0 aromatic heterocycles. The molecule has 1 aliphatic carbocycles. The highest BCUT2D eigenvalue weighted by atomic mass is 16.5. The van der Waals surface area contributed by atoms with Gasteiger partial charge >= 0.3 is 0 Å². The fourth-order valence-electron chi connectivity index (χ4n) is 3.49. The number of nitrogens with zero attached hydrogens (tertiary/aromatic N) is 1. The molecule has 24 heavy (non-hydrogen) atoms. The number of carbonyl (C=O) groups is 1. The van der Waals surface area contributed by atoms with Gasteiger partial charge in [-0.15, -0.1) is 0 Å². The summed E-state index contributed by atoms with van der Waals surface area (Å²) in [6.07, 6.45) is 3.31. The van der Waals surface area contributed by atoms with Crippen LogP contribution < -0.4 is 0 Å². The van der Waals surface area contributed by atoms with Gasteiger partial charge < -0.3 is 14.7 Å². The van der Waals surface area contributed by atoms with Gasteiger partial charge in [-0.2, -0.15) is 0 Å². The van der Waals surface area contributed by atoms with Crippen LogP contribution in [-0.4, -0.2) is 41.8 Å². The maximum atomic E-state index is 13.0. The molecule has 1 saturated carbocycles. The molecule has 1 amide bonds. The van der Waals surface area contributed by atoms with Gasteiger partial charge in [0.15, 0.2) is 0 Å². The minimum absolute atomic E-state index is 0.0418. The minimum Gasteiger partial charge on any atom is -0.390 e. The van der Waals surface area contributed by atoms with E-state index in [-0.39, 0.29) is 17.9 Å². The zero-order valence-electron chi connectivity index (χ0n) is 15.2. The Kier molecular flexibility index (Phi) is 7.25. The van der Waals surface area contributed by atoms with Crippen molar-refractivity contribution in [2.45, 2.75) is 64.7 Å². The van der Waals surface area contributed by atoms with Crippen LogP contribution in [0.1, 0.15) is 50.7 Å². The highest BCUT2D eigenvalue weighted by Crippen LogP contribution is 2.28. The minimum atomic E-state index is -0.444. The van der Waals surface area contributed by atoms with Crippen LogP contribution in [0.3, 0.4) is 0 Å². The van der Waals surface area contributed by atoms with Gasteiger partial charge in [-0.25, -0.2) is 0 Å². The number of benzene rings is 1. The van der Waals surface area contributed by atoms with E-state index in [1.807, 2.05) is 4.90 Å². The molecule has 134 valence electrons. The summed E-state index contributed by atoms with van der Waals surface area (Å²) in [7, 11) is 1.61. The van der Waals surface area contributed by atoms with E-state index in [2.05, 4.69) is 38.1 Å². The van der Waals surface area contributed by atoms with Crippen molar-refractivity contribution in [3.63, 3.8) is 0 Å². The van der Waals surface area contributed by atoms with Crippen molar-refractivity contribution in [3.05, 3.63) is 35.4 Å². The fourth-order valence-corrected chi connectivity index (χ4v) is 3.49. The van der Waals surface area contributed by atoms with Crippen LogP contribution in [0, 0.1) is 5.92 Å². The van der Waals surface area contributed by atoms with Gasteiger partial charge in [0.1, 0.15) is 0 Å². The van der Waals surface area contributed by atoms with Gasteiger partial charge in [0.25, 0.3) is 0 Å². The first-order chi connectivity index (χ1) is 11.6. The highest BCUT2D eigenvalue weighted by molar-refractivity contribution is 5.79. The van der Waals surface area contributed by atoms with E-state index >= 15 is 0 Å². The molecule has 2 rings (SSSR count). The number of rotatable bonds is 7. The highest BCUT2D eigenvalue weighted by Gasteiger charge is 2.34. The normalized spacial score (nSPS) is 23.9. The van der Waals surface area contributed by atoms with Crippen molar-refractivity contribution >= 4 is 5.91 Å². The monoisotopic (exact) mass is 333 g/mol. The third kappa shape index (κ3) is 4.81. The van der Waals surface area contributed by atoms with Crippen molar-refractivity contribution in [1.82, 2.24) is 4.90 Å². The van der Waals surface area contributed by atoms with Crippen LogP contribution in [0.25, 0.3) is 0 Å². The first kappa shape index (κ1) is 18.9. The third-order valence-corrected chi connectivity index (χ3v) is 5.02. The maximum Gasteiger partial charge on any atom is 0.226 e. The maximum absolute atomic E-state index is 13.0. The second-order valence-corrected chi connectivity index (χ2v) is 6.78. The van der Waals surface area contributed by atoms with E-state index in [0.29, 0.717) is 19.4 Å². The van der Waals surface area contributed by atoms with Crippen LogP contribution in [0.2, 0.25) is 0 Å². The molecule has 1 aromatic carbocycles. The standard InChI is InChI=1S/C20H31NO3/c1-4-12-21(14-16-8-6-15(5-2)7-9-16)20(23)17-10-11-18(22)19(13-17)24-3/h6-9,17-19,22H,4-5,10-14H2,1-3H3/t17-,18+,19-/m1/s1. The molecule has 0 bridgehead atoms. The Bertz CT molecular complexity index is 514. The number of ether oxygens (including phenoxy) is 1. The number of methoxy groups -OCH3 is 1. The molecule has 0 unspecified atom stereocenters. The molecule has 0 spiro atoms. The average molecular weight is 333 g/mol. The molecule has 0 radical (unpaired) electrons. The SMILES string of the molecule is CCCN(Cc1ccc(CC)cc1)C(=O)[C@@H]1CC[C@H](O)[C@H](OC)C1. The topological polar surface area (TPSA) is 49.8 Å². The Morgan fingerprint density at radius 2 is 1.88 bits per heavy atom. The molecule has 4 heteroatoms. The van der Waals surface area contributed by atoms with Gasteiger partial charge in [-0.05, 0) is 43.2 Å². The van der Waals surface area contributed by atoms with Crippen molar-refractivity contribution in [2.24, 2.45) is 5.92 Å². The van der Waals surface area contributed by atoms with Crippen molar-refractivity contribution < 1.29 is 14.6 Å². The Balaban J connectivity index is 2.03. The number of carbonyl (C=O) groups excluding carboxylic acids is 1. The molecule has 1 aliphatic rings. The second kappa shape index (κ2) is 9.19. The van der Waals surface area contributed by atoms with Crippen molar-refractivity contribution in [1.29, 1.82) is 0 Å². The molecular weight excluding hydrogens is 302 g/mol. The molecular formula is C20H31NO3. The van der Waals surface area contributed by atoms with E-state index in [1.165, 1.54) is 11.1 Å². The predicted octanol–water partition coefficient (Wildman–Crippen LogP) is 3.16. The van der Waals surface area contributed by atoms with E-state index in [9.17, 15) is 9.90 Å². The lowest BCUT2D eigenvalue weighted by Crippen LogP contribution is -2.43. The van der Waals surface area contributed by atoms with Crippen LogP contribution in [0.5, 0.6) is 0 Å². The van der Waals surface area contributed by atoms with Crippen LogP contribution in [0.15, 0.2) is 24.3 Å². The van der Waals surface area contributed by atoms with Crippen LogP contribution in [-0.2, 0) is 22.5 Å². The van der Waals surface area contributed by atoms with Crippen LogP contribution in [0.4, 0.5) is 0 Å². The van der Waals surface area contributed by atoms with E-state index in [4.69, 9.17) is 4.74 Å². The summed E-state index contributed by atoms with van der Waals surface area (Å²) in [5, 5.41) is 9.95. The van der Waals surface area contributed by atoms with Crippen molar-refractivity contribution in [2.75, 3.05) is 13.7 Å². The Hall–Kier alpha value is -1.39. The average Bonchev–Trinajstić information content (AvgIpc) is 2.61. The number of aryl methyl sites for hydroxylation is 1. The van der Waals surface area contributed by atoms with Gasteiger partial charge in [0, 0.05) is 26.1 Å². The number of aliphatic hydroxyl groups excluding tert-OH is 1. The first-order valence-corrected chi connectivity index (χ1v) is 9.16. The Labute approximate surface area is 145 Å². The lowest BCUT2D eigenvalue weighted by atomic mass is 9.84. The zero-order valence-corrected chi connectivity index (χ0v) is 15.2. The fraction of sp³-hybridized carbons (Fsp3) is 0.650. The largest absolute Gasteiger partial charge is 0.390 e. The van der Waals surface area contributed by atoms with E-state index in [1.54, 1.807) is 7.11 Å². The molecule has 0 saturated heterocycles. The molecule has 3 atom stereocenters. The molecule has 0 aliphatic heterocycles. The number of aliphatic hydroxyl groups is 1. The lowest BCUT2D eigenvalue weighted by Gasteiger charge is -2.34. The van der Waals surface area contributed by atoms with E-state index < -0.39 is 6.10 Å². The number of hydrogen-bond acceptors (Lipinski definition) is 3. The van der Waals surface area contributed by atoms with Gasteiger partial charge in [-0.1, -0.05) is 38.1 Å². The summed E-state index contributed by atoms with van der Waals surface area (Å²) < 4.78 is 5.35. The summed E-state index contributed by atoms with van der Waals surface area (Å²) in [4.78, 5) is 14.9. The molecule has 1 fully saturated rings. The van der Waals surface area contributed by atoms with Crippen molar-refractivity contribution in [3.8, 4) is 0 Å². The third-order valence-electron chi connectivity index (χ3n) is 5.02. The van der Waals surface area contributed by atoms with Gasteiger partial charge in [-0.3, -0.25) is 4.79 Å². The summed E-state index contributed by atoms with van der Waals surface area (Å²) in [6, 6.07) is 8.53. The summed E-state index contributed by atoms with van der Waals surface area (Å²) in [6.45, 7) is 5.67. The summed E-state index contributed by atoms with van der Waals surface area (Å²) in [5.41, 5.74) is 2.49. The Morgan fingerprint density at radius 1 is 1.21 bits per heavy atom. The number of amides is 1. The molecule has 4 nitrogen and oxygen atoms in total. The molecule has 1 N–H and O–H groups in total. The lowest BCUT2D eigenvalue weighted by molar-refractivity contribution is -0.141. The predicted molar refractivity (Wildman–Crippen MR) is 95.7 cm³/mol. The summed E-state index contributed by atoms with van der Waals surface area (Å²) in [5.74, 6) is 0.158. The molecule has 1 aromatic rings.